The molecule has 4 aromatic rings. The molecule has 180 valence electrons. The minimum absolute atomic E-state index is 0.0222. The lowest BCUT2D eigenvalue weighted by atomic mass is 9.94. The Morgan fingerprint density at radius 2 is 1.67 bits per heavy atom. The van der Waals surface area contributed by atoms with Crippen LogP contribution in [0.15, 0.2) is 88.5 Å². The number of ether oxygens (including phenoxy) is 1. The summed E-state index contributed by atoms with van der Waals surface area (Å²) in [6.45, 7) is 5.19. The van der Waals surface area contributed by atoms with Gasteiger partial charge in [0.05, 0.1) is 11.6 Å². The second-order valence-corrected chi connectivity index (χ2v) is 8.75. The van der Waals surface area contributed by atoms with Gasteiger partial charge < -0.3 is 14.3 Å². The summed E-state index contributed by atoms with van der Waals surface area (Å²) in [6, 6.07) is 19.9. The molecule has 1 unspecified atom stereocenters. The number of carbonyl (C=O) groups excluding carboxylic acids is 3. The summed E-state index contributed by atoms with van der Waals surface area (Å²) in [5, 5.41) is 11.7. The average Bonchev–Trinajstić information content (AvgIpc) is 3.40. The molecule has 5 rings (SSSR count). The topological polar surface area (TPSA) is 97.0 Å². The van der Waals surface area contributed by atoms with Crippen LogP contribution in [0, 0.1) is 13.8 Å². The number of furan rings is 1. The standard InChI is InChI=1S/C29H23NO6/c1-16-8-11-21(14-17(16)2)30-26(19-9-12-22(13-10-19)35-18(3)31)25(28(33)29(30)34)27(32)24-15-20-6-4-5-7-23(20)36-24/h4-15,26,33H,1-3H3. The molecule has 1 aliphatic rings. The molecule has 0 radical (unpaired) electrons. The van der Waals surface area contributed by atoms with Crippen LogP contribution in [-0.2, 0) is 9.59 Å². The van der Waals surface area contributed by atoms with Crippen molar-refractivity contribution in [2.75, 3.05) is 4.90 Å². The number of anilines is 1. The van der Waals surface area contributed by atoms with E-state index in [4.69, 9.17) is 9.15 Å². The van der Waals surface area contributed by atoms with Gasteiger partial charge in [-0.15, -0.1) is 0 Å². The normalized spacial score (nSPS) is 15.6. The van der Waals surface area contributed by atoms with E-state index >= 15 is 0 Å². The van der Waals surface area contributed by atoms with Gasteiger partial charge in [-0.25, -0.2) is 0 Å². The molecule has 0 bridgehead atoms. The molecule has 1 amide bonds. The van der Waals surface area contributed by atoms with E-state index in [-0.39, 0.29) is 11.3 Å². The molecule has 0 aliphatic carbocycles. The number of rotatable bonds is 5. The van der Waals surface area contributed by atoms with Crippen LogP contribution in [0.4, 0.5) is 5.69 Å². The molecule has 2 heterocycles. The predicted molar refractivity (Wildman–Crippen MR) is 134 cm³/mol. The van der Waals surface area contributed by atoms with E-state index in [2.05, 4.69) is 0 Å². The third-order valence-electron chi connectivity index (χ3n) is 6.33. The second kappa shape index (κ2) is 8.85. The number of benzene rings is 3. The first-order valence-corrected chi connectivity index (χ1v) is 11.4. The van der Waals surface area contributed by atoms with Gasteiger partial charge in [0.25, 0.3) is 5.91 Å². The molecule has 1 aliphatic heterocycles. The fourth-order valence-electron chi connectivity index (χ4n) is 4.41. The first-order valence-electron chi connectivity index (χ1n) is 11.4. The number of nitrogens with zero attached hydrogens (tertiary/aromatic N) is 1. The number of fused-ring (bicyclic) bond motifs is 1. The largest absolute Gasteiger partial charge is 0.503 e. The number of hydrogen-bond acceptors (Lipinski definition) is 6. The molecule has 1 atom stereocenters. The molecule has 0 spiro atoms. The lowest BCUT2D eigenvalue weighted by molar-refractivity contribution is -0.131. The number of aliphatic hydroxyl groups excluding tert-OH is 1. The molecule has 7 nitrogen and oxygen atoms in total. The minimum atomic E-state index is -0.924. The number of ketones is 1. The monoisotopic (exact) mass is 481 g/mol. The summed E-state index contributed by atoms with van der Waals surface area (Å²) < 4.78 is 10.9. The maximum absolute atomic E-state index is 13.7. The van der Waals surface area contributed by atoms with E-state index in [1.165, 1.54) is 11.8 Å². The van der Waals surface area contributed by atoms with Crippen LogP contribution in [-0.4, -0.2) is 22.8 Å². The van der Waals surface area contributed by atoms with E-state index in [1.54, 1.807) is 48.5 Å². The zero-order valence-electron chi connectivity index (χ0n) is 19.9. The number of Topliss-reactive ketones (excluding diaryl/α,β-unsaturated/α-hetero) is 1. The zero-order chi connectivity index (χ0) is 25.6. The molecule has 1 aromatic heterocycles. The third-order valence-corrected chi connectivity index (χ3v) is 6.33. The molecule has 0 fully saturated rings. The number of aliphatic hydroxyl groups is 1. The summed E-state index contributed by atoms with van der Waals surface area (Å²) in [7, 11) is 0. The Kier molecular flexibility index (Phi) is 5.68. The highest BCUT2D eigenvalue weighted by molar-refractivity contribution is 6.20. The maximum atomic E-state index is 13.7. The van der Waals surface area contributed by atoms with Crippen LogP contribution in [0.3, 0.4) is 0 Å². The van der Waals surface area contributed by atoms with Crippen molar-refractivity contribution in [1.29, 1.82) is 0 Å². The maximum Gasteiger partial charge on any atom is 0.308 e. The Morgan fingerprint density at radius 1 is 0.944 bits per heavy atom. The molecule has 36 heavy (non-hydrogen) atoms. The van der Waals surface area contributed by atoms with Crippen molar-refractivity contribution in [3.8, 4) is 5.75 Å². The highest BCUT2D eigenvalue weighted by atomic mass is 16.5. The number of carbonyl (C=O) groups is 3. The van der Waals surface area contributed by atoms with Crippen molar-refractivity contribution in [2.24, 2.45) is 0 Å². The highest BCUT2D eigenvalue weighted by Gasteiger charge is 2.45. The predicted octanol–water partition coefficient (Wildman–Crippen LogP) is 5.76. The van der Waals surface area contributed by atoms with Gasteiger partial charge in [-0.05, 0) is 66.9 Å². The van der Waals surface area contributed by atoms with Gasteiger partial charge in [0.1, 0.15) is 11.3 Å². The highest BCUT2D eigenvalue weighted by Crippen LogP contribution is 2.43. The van der Waals surface area contributed by atoms with Crippen LogP contribution in [0.25, 0.3) is 11.0 Å². The van der Waals surface area contributed by atoms with Crippen LogP contribution >= 0.6 is 0 Å². The summed E-state index contributed by atoms with van der Waals surface area (Å²) in [5.74, 6) is -2.02. The summed E-state index contributed by atoms with van der Waals surface area (Å²) in [4.78, 5) is 39.8. The Labute approximate surface area is 207 Å². The smallest absolute Gasteiger partial charge is 0.308 e. The Bertz CT molecular complexity index is 1530. The molecular formula is C29H23NO6. The van der Waals surface area contributed by atoms with Crippen LogP contribution in [0.2, 0.25) is 0 Å². The quantitative estimate of drug-likeness (QED) is 0.221. The zero-order valence-corrected chi connectivity index (χ0v) is 19.9. The van der Waals surface area contributed by atoms with E-state index in [0.717, 1.165) is 16.5 Å². The second-order valence-electron chi connectivity index (χ2n) is 8.75. The number of aryl methyl sites for hydroxylation is 2. The van der Waals surface area contributed by atoms with Gasteiger partial charge in [0, 0.05) is 18.0 Å². The first-order chi connectivity index (χ1) is 17.2. The fourth-order valence-corrected chi connectivity index (χ4v) is 4.41. The van der Waals surface area contributed by atoms with Gasteiger partial charge >= 0.3 is 5.97 Å². The van der Waals surface area contributed by atoms with Gasteiger partial charge in [-0.2, -0.15) is 0 Å². The summed E-state index contributed by atoms with van der Waals surface area (Å²) in [6.07, 6.45) is 0. The van der Waals surface area contributed by atoms with Crippen molar-refractivity contribution in [3.05, 3.63) is 107 Å². The van der Waals surface area contributed by atoms with Gasteiger partial charge in [-0.3, -0.25) is 19.3 Å². The minimum Gasteiger partial charge on any atom is -0.503 e. The molecular weight excluding hydrogens is 458 g/mol. The SMILES string of the molecule is CC(=O)Oc1ccc(C2C(C(=O)c3cc4ccccc4o3)=C(O)C(=O)N2c2ccc(C)c(C)c2)cc1. The van der Waals surface area contributed by atoms with Crippen molar-refractivity contribution in [1.82, 2.24) is 0 Å². The van der Waals surface area contributed by atoms with E-state index in [1.807, 2.05) is 38.1 Å². The van der Waals surface area contributed by atoms with Gasteiger partial charge in [-0.1, -0.05) is 36.4 Å². The van der Waals surface area contributed by atoms with E-state index in [9.17, 15) is 19.5 Å². The Hall–Kier alpha value is -4.65. The number of amides is 1. The van der Waals surface area contributed by atoms with E-state index < -0.39 is 29.5 Å². The number of para-hydroxylation sites is 1. The van der Waals surface area contributed by atoms with Crippen LogP contribution < -0.4 is 9.64 Å². The number of hydrogen-bond donors (Lipinski definition) is 1. The fraction of sp³-hybridized carbons (Fsp3) is 0.138. The van der Waals surface area contributed by atoms with E-state index in [0.29, 0.717) is 22.6 Å². The summed E-state index contributed by atoms with van der Waals surface area (Å²) in [5.41, 5.74) is 3.54. The Morgan fingerprint density at radius 3 is 2.33 bits per heavy atom. The van der Waals surface area contributed by atoms with Crippen molar-refractivity contribution < 1.29 is 28.6 Å². The summed E-state index contributed by atoms with van der Waals surface area (Å²) >= 11 is 0. The lowest BCUT2D eigenvalue weighted by Crippen LogP contribution is -2.31. The first kappa shape index (κ1) is 23.1. The molecule has 0 saturated heterocycles. The lowest BCUT2D eigenvalue weighted by Gasteiger charge is -2.27. The number of esters is 1. The Balaban J connectivity index is 1.64. The van der Waals surface area contributed by atoms with Crippen molar-refractivity contribution in [2.45, 2.75) is 26.8 Å². The van der Waals surface area contributed by atoms with Crippen LogP contribution in [0.1, 0.15) is 40.2 Å². The van der Waals surface area contributed by atoms with Gasteiger partial charge in [0.15, 0.2) is 11.5 Å². The molecule has 3 aromatic carbocycles. The molecule has 1 N–H and O–H groups in total. The van der Waals surface area contributed by atoms with Crippen molar-refractivity contribution >= 4 is 34.3 Å². The van der Waals surface area contributed by atoms with Gasteiger partial charge in [0.2, 0.25) is 5.78 Å². The van der Waals surface area contributed by atoms with Crippen molar-refractivity contribution in [3.63, 3.8) is 0 Å². The molecule has 0 saturated carbocycles. The third kappa shape index (κ3) is 3.94. The molecule has 7 heteroatoms. The van der Waals surface area contributed by atoms with Crippen LogP contribution in [0.5, 0.6) is 5.75 Å². The average molecular weight is 482 g/mol.